The molecule has 1 N–H and O–H groups in total. The first-order valence-electron chi connectivity index (χ1n) is 6.24. The minimum Gasteiger partial charge on any atom is -0.465 e. The van der Waals surface area contributed by atoms with E-state index in [1.54, 1.807) is 0 Å². The van der Waals surface area contributed by atoms with E-state index in [2.05, 4.69) is 5.32 Å². The molecule has 1 rings (SSSR count). The second-order valence-corrected chi connectivity index (χ2v) is 5.12. The molecule has 0 saturated heterocycles. The van der Waals surface area contributed by atoms with E-state index in [4.69, 9.17) is 4.42 Å². The maximum atomic E-state index is 12.2. The van der Waals surface area contributed by atoms with Gasteiger partial charge in [0.15, 0.2) is 0 Å². The Morgan fingerprint density at radius 3 is 2.53 bits per heavy atom. The van der Waals surface area contributed by atoms with Gasteiger partial charge in [0.1, 0.15) is 11.5 Å². The van der Waals surface area contributed by atoms with E-state index >= 15 is 0 Å². The van der Waals surface area contributed by atoms with Crippen LogP contribution in [-0.4, -0.2) is 30.7 Å². The van der Waals surface area contributed by atoms with Crippen LogP contribution in [0.2, 0.25) is 0 Å². The number of aryl methyl sites for hydroxylation is 1. The number of hydrogen-bond donors (Lipinski definition) is 1. The highest BCUT2D eigenvalue weighted by Crippen LogP contribution is 2.19. The van der Waals surface area contributed by atoms with Crippen molar-refractivity contribution in [1.82, 2.24) is 10.2 Å². The van der Waals surface area contributed by atoms with Crippen molar-refractivity contribution in [2.45, 2.75) is 46.1 Å². The second-order valence-electron chi connectivity index (χ2n) is 5.12. The summed E-state index contributed by atoms with van der Waals surface area (Å²) in [5.41, 5.74) is 0.990. The topological polar surface area (TPSA) is 28.4 Å². The summed E-state index contributed by atoms with van der Waals surface area (Å²) in [4.78, 5) is 1.19. The lowest BCUT2D eigenvalue weighted by atomic mass is 10.2. The van der Waals surface area contributed by atoms with Crippen LogP contribution in [0.5, 0.6) is 0 Å². The van der Waals surface area contributed by atoms with Gasteiger partial charge in [-0.2, -0.15) is 13.2 Å². The van der Waals surface area contributed by atoms with E-state index < -0.39 is 12.7 Å². The number of furan rings is 1. The summed E-state index contributed by atoms with van der Waals surface area (Å²) in [5.74, 6) is 1.31. The summed E-state index contributed by atoms with van der Waals surface area (Å²) in [7, 11) is 1.43. The average Bonchev–Trinajstić information content (AvgIpc) is 2.52. The summed E-state index contributed by atoms with van der Waals surface area (Å²) in [6, 6.07) is 2.17. The second kappa shape index (κ2) is 6.43. The minimum absolute atomic E-state index is 0.155. The molecular formula is C13H21F3N2O. The molecule has 0 bridgehead atoms. The third-order valence-corrected chi connectivity index (χ3v) is 2.65. The zero-order valence-corrected chi connectivity index (χ0v) is 11.8. The van der Waals surface area contributed by atoms with E-state index in [1.807, 2.05) is 26.8 Å². The van der Waals surface area contributed by atoms with Crippen molar-refractivity contribution in [2.75, 3.05) is 13.6 Å². The Hall–Kier alpha value is -1.01. The number of halogens is 3. The molecular weight excluding hydrogens is 257 g/mol. The summed E-state index contributed by atoms with van der Waals surface area (Å²) in [6.07, 6.45) is -4.18. The lowest BCUT2D eigenvalue weighted by Gasteiger charge is -2.16. The molecule has 0 spiro atoms. The van der Waals surface area contributed by atoms with Gasteiger partial charge in [0, 0.05) is 18.2 Å². The Labute approximate surface area is 111 Å². The molecule has 0 radical (unpaired) electrons. The number of alkyl halides is 3. The standard InChI is InChI=1S/C13H21F3N2O/c1-9(2)17-6-11-5-12(19-10(11)3)7-18(4)8-13(14,15)16/h5,9,17H,6-8H2,1-4H3. The highest BCUT2D eigenvalue weighted by molar-refractivity contribution is 5.20. The lowest BCUT2D eigenvalue weighted by molar-refractivity contribution is -0.144. The zero-order chi connectivity index (χ0) is 14.6. The average molecular weight is 278 g/mol. The molecule has 0 amide bonds. The van der Waals surface area contributed by atoms with Gasteiger partial charge in [0.25, 0.3) is 0 Å². The van der Waals surface area contributed by atoms with Crippen molar-refractivity contribution in [3.8, 4) is 0 Å². The van der Waals surface area contributed by atoms with Crippen molar-refractivity contribution < 1.29 is 17.6 Å². The predicted octanol–water partition coefficient (Wildman–Crippen LogP) is 3.08. The molecule has 6 heteroatoms. The first-order chi connectivity index (χ1) is 8.67. The maximum absolute atomic E-state index is 12.2. The van der Waals surface area contributed by atoms with Gasteiger partial charge in [-0.3, -0.25) is 4.90 Å². The minimum atomic E-state index is -4.18. The number of nitrogens with zero attached hydrogens (tertiary/aromatic N) is 1. The molecule has 0 unspecified atom stereocenters. The van der Waals surface area contributed by atoms with Gasteiger partial charge in [0.2, 0.25) is 0 Å². The van der Waals surface area contributed by atoms with Gasteiger partial charge in [-0.05, 0) is 20.0 Å². The van der Waals surface area contributed by atoms with Gasteiger partial charge in [-0.1, -0.05) is 13.8 Å². The molecule has 0 fully saturated rings. The Kier molecular flexibility index (Phi) is 5.43. The number of rotatable bonds is 6. The summed E-state index contributed by atoms with van der Waals surface area (Å²) < 4.78 is 42.1. The molecule has 0 aliphatic rings. The first-order valence-corrected chi connectivity index (χ1v) is 6.24. The molecule has 0 aromatic carbocycles. The fraction of sp³-hybridized carbons (Fsp3) is 0.692. The Bertz CT molecular complexity index is 399. The highest BCUT2D eigenvalue weighted by Gasteiger charge is 2.29. The molecule has 19 heavy (non-hydrogen) atoms. The van der Waals surface area contributed by atoms with E-state index in [-0.39, 0.29) is 6.54 Å². The quantitative estimate of drug-likeness (QED) is 0.867. The molecule has 110 valence electrons. The summed E-state index contributed by atoms with van der Waals surface area (Å²) in [6.45, 7) is 5.77. The van der Waals surface area contributed by atoms with E-state index in [1.165, 1.54) is 11.9 Å². The smallest absolute Gasteiger partial charge is 0.401 e. The van der Waals surface area contributed by atoms with Crippen molar-refractivity contribution in [1.29, 1.82) is 0 Å². The van der Waals surface area contributed by atoms with Crippen LogP contribution in [0.15, 0.2) is 10.5 Å². The summed E-state index contributed by atoms with van der Waals surface area (Å²) in [5, 5.41) is 3.25. The first kappa shape index (κ1) is 16.0. The van der Waals surface area contributed by atoms with Crippen molar-refractivity contribution in [2.24, 2.45) is 0 Å². The molecule has 0 atom stereocenters. The molecule has 0 saturated carbocycles. The van der Waals surface area contributed by atoms with Crippen LogP contribution in [0.4, 0.5) is 13.2 Å². The van der Waals surface area contributed by atoms with E-state index in [0.29, 0.717) is 18.3 Å². The molecule has 0 aliphatic carbocycles. The van der Waals surface area contributed by atoms with Crippen molar-refractivity contribution in [3.63, 3.8) is 0 Å². The SMILES string of the molecule is Cc1oc(CN(C)CC(F)(F)F)cc1CNC(C)C. The Balaban J connectivity index is 2.58. The molecule has 3 nitrogen and oxygen atoms in total. The molecule has 1 aromatic rings. The lowest BCUT2D eigenvalue weighted by Crippen LogP contribution is -2.30. The van der Waals surface area contributed by atoms with Crippen LogP contribution in [0.3, 0.4) is 0 Å². The number of hydrogen-bond acceptors (Lipinski definition) is 3. The van der Waals surface area contributed by atoms with Gasteiger partial charge in [-0.25, -0.2) is 0 Å². The molecule has 1 heterocycles. The van der Waals surface area contributed by atoms with Gasteiger partial charge in [-0.15, -0.1) is 0 Å². The van der Waals surface area contributed by atoms with Crippen LogP contribution in [0.1, 0.15) is 30.9 Å². The summed E-state index contributed by atoms with van der Waals surface area (Å²) >= 11 is 0. The van der Waals surface area contributed by atoms with Crippen LogP contribution in [0, 0.1) is 6.92 Å². The predicted molar refractivity (Wildman–Crippen MR) is 67.8 cm³/mol. The van der Waals surface area contributed by atoms with E-state index in [9.17, 15) is 13.2 Å². The maximum Gasteiger partial charge on any atom is 0.401 e. The largest absolute Gasteiger partial charge is 0.465 e. The van der Waals surface area contributed by atoms with Crippen molar-refractivity contribution in [3.05, 3.63) is 23.2 Å². The normalized spacial score (nSPS) is 12.7. The monoisotopic (exact) mass is 278 g/mol. The number of nitrogens with one attached hydrogen (secondary N) is 1. The van der Waals surface area contributed by atoms with Crippen LogP contribution in [0.25, 0.3) is 0 Å². The third kappa shape index (κ3) is 6.11. The van der Waals surface area contributed by atoms with Gasteiger partial charge >= 0.3 is 6.18 Å². The molecule has 1 aromatic heterocycles. The Morgan fingerprint density at radius 2 is 2.00 bits per heavy atom. The van der Waals surface area contributed by atoms with Crippen LogP contribution in [-0.2, 0) is 13.1 Å². The molecule has 0 aliphatic heterocycles. The third-order valence-electron chi connectivity index (χ3n) is 2.65. The van der Waals surface area contributed by atoms with Crippen LogP contribution < -0.4 is 5.32 Å². The Morgan fingerprint density at radius 1 is 1.37 bits per heavy atom. The van der Waals surface area contributed by atoms with E-state index in [0.717, 1.165) is 11.3 Å². The zero-order valence-electron chi connectivity index (χ0n) is 11.8. The van der Waals surface area contributed by atoms with Crippen LogP contribution >= 0.6 is 0 Å². The van der Waals surface area contributed by atoms with Gasteiger partial charge in [0.05, 0.1) is 13.1 Å². The highest BCUT2D eigenvalue weighted by atomic mass is 19.4. The van der Waals surface area contributed by atoms with Crippen molar-refractivity contribution >= 4 is 0 Å². The fourth-order valence-corrected chi connectivity index (χ4v) is 1.78. The fourth-order valence-electron chi connectivity index (χ4n) is 1.78. The van der Waals surface area contributed by atoms with Gasteiger partial charge < -0.3 is 9.73 Å².